The Hall–Kier alpha value is -0.830. The minimum absolute atomic E-state index is 0.240. The molecule has 2 rings (SSSR count). The molecule has 1 fully saturated rings. The first kappa shape index (κ1) is 10.7. The van der Waals surface area contributed by atoms with Crippen LogP contribution in [0.4, 0.5) is 0 Å². The van der Waals surface area contributed by atoms with E-state index in [9.17, 15) is 0 Å². The summed E-state index contributed by atoms with van der Waals surface area (Å²) in [5.74, 6) is 0.681. The number of aryl methyl sites for hydroxylation is 1. The molecule has 1 saturated heterocycles. The zero-order chi connectivity index (χ0) is 10.9. The number of ether oxygens (including phenoxy) is 1. The van der Waals surface area contributed by atoms with Gasteiger partial charge in [0, 0.05) is 24.2 Å². The van der Waals surface area contributed by atoms with Crippen LogP contribution in [0.3, 0.4) is 0 Å². The van der Waals surface area contributed by atoms with E-state index in [1.54, 1.807) is 0 Å². The van der Waals surface area contributed by atoms with Crippen LogP contribution in [-0.4, -0.2) is 23.0 Å². The van der Waals surface area contributed by atoms with Crippen molar-refractivity contribution in [3.8, 4) is 0 Å². The molecule has 0 aliphatic carbocycles. The van der Waals surface area contributed by atoms with Crippen LogP contribution < -0.4 is 0 Å². The van der Waals surface area contributed by atoms with Crippen molar-refractivity contribution in [1.29, 1.82) is 0 Å². The molecule has 1 aromatic rings. The third-order valence-electron chi connectivity index (χ3n) is 3.66. The summed E-state index contributed by atoms with van der Waals surface area (Å²) in [7, 11) is 1.97. The maximum atomic E-state index is 5.43. The first-order chi connectivity index (χ1) is 7.19. The lowest BCUT2D eigenvalue weighted by molar-refractivity contribution is -0.0889. The van der Waals surface area contributed by atoms with Crippen LogP contribution in [0.2, 0.25) is 0 Å². The summed E-state index contributed by atoms with van der Waals surface area (Å²) >= 11 is 0. The Balaban J connectivity index is 2.21. The summed E-state index contributed by atoms with van der Waals surface area (Å²) in [5.41, 5.74) is 1.58. The van der Waals surface area contributed by atoms with Crippen LogP contribution in [0.5, 0.6) is 0 Å². The van der Waals surface area contributed by atoms with Crippen molar-refractivity contribution in [2.45, 2.75) is 32.1 Å². The molecule has 1 unspecified atom stereocenters. The van der Waals surface area contributed by atoms with Crippen LogP contribution in [0.25, 0.3) is 0 Å². The first-order valence-electron chi connectivity index (χ1n) is 5.76. The molecule has 0 saturated carbocycles. The number of hydrogen-bond acceptors (Lipinski definition) is 2. The predicted molar refractivity (Wildman–Crippen MR) is 59.8 cm³/mol. The van der Waals surface area contributed by atoms with Gasteiger partial charge in [-0.05, 0) is 12.3 Å². The van der Waals surface area contributed by atoms with Crippen molar-refractivity contribution in [1.82, 2.24) is 9.78 Å². The third-order valence-corrected chi connectivity index (χ3v) is 3.66. The van der Waals surface area contributed by atoms with Gasteiger partial charge in [0.15, 0.2) is 0 Å². The Labute approximate surface area is 91.4 Å². The lowest BCUT2D eigenvalue weighted by Crippen LogP contribution is -2.51. The van der Waals surface area contributed by atoms with Crippen LogP contribution in [-0.2, 0) is 17.2 Å². The largest absolute Gasteiger partial charge is 0.379 e. The molecule has 0 aromatic carbocycles. The highest BCUT2D eigenvalue weighted by atomic mass is 16.5. The normalized spacial score (nSPS) is 21.0. The van der Waals surface area contributed by atoms with Crippen molar-refractivity contribution in [2.75, 3.05) is 13.2 Å². The number of rotatable bonds is 4. The number of nitrogens with zero attached hydrogens (tertiary/aromatic N) is 2. The zero-order valence-electron chi connectivity index (χ0n) is 9.86. The Morgan fingerprint density at radius 2 is 2.33 bits per heavy atom. The monoisotopic (exact) mass is 208 g/mol. The molecule has 0 spiro atoms. The topological polar surface area (TPSA) is 27.1 Å². The van der Waals surface area contributed by atoms with E-state index in [2.05, 4.69) is 25.1 Å². The van der Waals surface area contributed by atoms with E-state index in [1.165, 1.54) is 18.4 Å². The molecular weight excluding hydrogens is 188 g/mol. The van der Waals surface area contributed by atoms with Gasteiger partial charge >= 0.3 is 0 Å². The lowest BCUT2D eigenvalue weighted by atomic mass is 9.69. The summed E-state index contributed by atoms with van der Waals surface area (Å²) in [6.07, 6.45) is 6.63. The van der Waals surface area contributed by atoms with Crippen molar-refractivity contribution in [3.05, 3.63) is 18.0 Å². The van der Waals surface area contributed by atoms with Crippen LogP contribution in [0.15, 0.2) is 12.4 Å². The van der Waals surface area contributed by atoms with Gasteiger partial charge in [0.25, 0.3) is 0 Å². The van der Waals surface area contributed by atoms with Gasteiger partial charge in [0.2, 0.25) is 0 Å². The zero-order valence-corrected chi connectivity index (χ0v) is 9.86. The van der Waals surface area contributed by atoms with E-state index in [0.29, 0.717) is 5.92 Å². The molecule has 15 heavy (non-hydrogen) atoms. The minimum atomic E-state index is 0.240. The second-order valence-corrected chi connectivity index (χ2v) is 4.74. The fourth-order valence-electron chi connectivity index (χ4n) is 2.45. The van der Waals surface area contributed by atoms with Crippen molar-refractivity contribution >= 4 is 0 Å². The fraction of sp³-hybridized carbons (Fsp3) is 0.750. The van der Waals surface area contributed by atoms with Gasteiger partial charge in [-0.2, -0.15) is 5.10 Å². The predicted octanol–water partition coefficient (Wildman–Crippen LogP) is 2.12. The number of hydrogen-bond donors (Lipinski definition) is 0. The van der Waals surface area contributed by atoms with Gasteiger partial charge in [0.05, 0.1) is 19.4 Å². The first-order valence-corrected chi connectivity index (χ1v) is 5.76. The second kappa shape index (κ2) is 3.97. The average molecular weight is 208 g/mol. The molecule has 3 nitrogen and oxygen atoms in total. The molecule has 0 radical (unpaired) electrons. The van der Waals surface area contributed by atoms with Gasteiger partial charge in [0.1, 0.15) is 0 Å². The van der Waals surface area contributed by atoms with Crippen LogP contribution in [0.1, 0.15) is 32.3 Å². The Bertz CT molecular complexity index is 328. The van der Waals surface area contributed by atoms with E-state index < -0.39 is 0 Å². The Morgan fingerprint density at radius 1 is 1.60 bits per heavy atom. The van der Waals surface area contributed by atoms with Gasteiger partial charge in [-0.3, -0.25) is 4.68 Å². The Kier molecular flexibility index (Phi) is 2.83. The summed E-state index contributed by atoms with van der Waals surface area (Å²) in [6.45, 7) is 6.30. The van der Waals surface area contributed by atoms with Gasteiger partial charge in [-0.25, -0.2) is 0 Å². The summed E-state index contributed by atoms with van der Waals surface area (Å²) < 4.78 is 7.32. The maximum Gasteiger partial charge on any atom is 0.0589 e. The van der Waals surface area contributed by atoms with Crippen molar-refractivity contribution in [2.24, 2.45) is 13.0 Å². The molecule has 0 N–H and O–H groups in total. The molecule has 0 amide bonds. The molecule has 1 atom stereocenters. The van der Waals surface area contributed by atoms with E-state index in [0.717, 1.165) is 13.2 Å². The Morgan fingerprint density at radius 3 is 2.73 bits per heavy atom. The van der Waals surface area contributed by atoms with E-state index >= 15 is 0 Å². The second-order valence-electron chi connectivity index (χ2n) is 4.74. The molecule has 3 heteroatoms. The van der Waals surface area contributed by atoms with Crippen molar-refractivity contribution in [3.63, 3.8) is 0 Å². The van der Waals surface area contributed by atoms with Gasteiger partial charge in [-0.1, -0.05) is 20.3 Å². The standard InChI is InChI=1S/C12H20N2O/c1-4-5-10(2)12(8-15-9-12)11-6-13-14(3)7-11/h6-7,10H,4-5,8-9H2,1-3H3. The summed E-state index contributed by atoms with van der Waals surface area (Å²) in [4.78, 5) is 0. The number of aromatic nitrogens is 2. The van der Waals surface area contributed by atoms with Crippen LogP contribution in [0, 0.1) is 5.92 Å². The average Bonchev–Trinajstić information content (AvgIpc) is 2.51. The van der Waals surface area contributed by atoms with E-state index in [-0.39, 0.29) is 5.41 Å². The summed E-state index contributed by atoms with van der Waals surface area (Å²) in [6, 6.07) is 0. The quantitative estimate of drug-likeness (QED) is 0.758. The maximum absolute atomic E-state index is 5.43. The lowest BCUT2D eigenvalue weighted by Gasteiger charge is -2.45. The molecule has 1 aliphatic heterocycles. The minimum Gasteiger partial charge on any atom is -0.379 e. The molecule has 84 valence electrons. The highest BCUT2D eigenvalue weighted by molar-refractivity contribution is 5.24. The molecule has 0 bridgehead atoms. The summed E-state index contributed by atoms with van der Waals surface area (Å²) in [5, 5.41) is 4.27. The molecule has 2 heterocycles. The highest BCUT2D eigenvalue weighted by Crippen LogP contribution is 2.41. The van der Waals surface area contributed by atoms with Crippen LogP contribution >= 0.6 is 0 Å². The fourth-order valence-corrected chi connectivity index (χ4v) is 2.45. The van der Waals surface area contributed by atoms with Gasteiger partial charge < -0.3 is 4.74 Å². The van der Waals surface area contributed by atoms with Crippen molar-refractivity contribution < 1.29 is 4.74 Å². The molecule has 1 aliphatic rings. The highest BCUT2D eigenvalue weighted by Gasteiger charge is 2.45. The van der Waals surface area contributed by atoms with E-state index in [4.69, 9.17) is 4.74 Å². The smallest absolute Gasteiger partial charge is 0.0589 e. The third kappa shape index (κ3) is 1.69. The SMILES string of the molecule is CCCC(C)C1(c2cnn(C)c2)COC1. The molecule has 1 aromatic heterocycles. The van der Waals surface area contributed by atoms with Gasteiger partial charge in [-0.15, -0.1) is 0 Å². The van der Waals surface area contributed by atoms with E-state index in [1.807, 2.05) is 17.9 Å². The molecular formula is C12H20N2O.